The lowest BCUT2D eigenvalue weighted by molar-refractivity contribution is 0.415. The molecule has 2 saturated heterocycles. The van der Waals surface area contributed by atoms with E-state index in [4.69, 9.17) is 9.47 Å². The fourth-order valence-corrected chi connectivity index (χ4v) is 7.34. The van der Waals surface area contributed by atoms with E-state index in [2.05, 4.69) is 81.4 Å². The van der Waals surface area contributed by atoms with Crippen LogP contribution in [-0.2, 0) is 0 Å². The van der Waals surface area contributed by atoms with Crippen molar-refractivity contribution in [2.45, 2.75) is 25.7 Å². The standard InChI is InChI=1S/C38H37N3O2/c1-42-31-13-9-28(10-14-31)41(29-11-15-32(43-2)16-12-29)30-23-26-7-17-33-35(39-19-3-4-20-39)25-36(40-21-5-6-22-40)34-18-8-27(24-30)37(26)38(33)34/h7-18,23-25H,3-6,19-22H2,1-2H3. The maximum atomic E-state index is 5.47. The molecule has 0 bridgehead atoms. The first-order chi connectivity index (χ1) is 21.2. The SMILES string of the molecule is COc1ccc(N(c2ccc(OC)cc2)c2cc3ccc4c(N5CCCC5)cc(N5CCCC5)c5ccc(c2)c3c45)cc1. The van der Waals surface area contributed by atoms with E-state index in [0.29, 0.717) is 0 Å². The molecule has 5 nitrogen and oxygen atoms in total. The van der Waals surface area contributed by atoms with Gasteiger partial charge in [0.15, 0.2) is 0 Å². The van der Waals surface area contributed by atoms with E-state index >= 15 is 0 Å². The summed E-state index contributed by atoms with van der Waals surface area (Å²) in [6.45, 7) is 4.58. The lowest BCUT2D eigenvalue weighted by atomic mass is 9.91. The van der Waals surface area contributed by atoms with Crippen molar-refractivity contribution in [2.75, 3.05) is 55.1 Å². The average molecular weight is 568 g/mol. The first-order valence-electron chi connectivity index (χ1n) is 15.6. The van der Waals surface area contributed by atoms with Gasteiger partial charge in [-0.3, -0.25) is 0 Å². The smallest absolute Gasteiger partial charge is 0.119 e. The van der Waals surface area contributed by atoms with Crippen molar-refractivity contribution in [2.24, 2.45) is 0 Å². The van der Waals surface area contributed by atoms with Crippen molar-refractivity contribution in [1.29, 1.82) is 0 Å². The van der Waals surface area contributed by atoms with Gasteiger partial charge in [0.2, 0.25) is 0 Å². The van der Waals surface area contributed by atoms with E-state index in [9.17, 15) is 0 Å². The van der Waals surface area contributed by atoms with Gasteiger partial charge in [-0.25, -0.2) is 0 Å². The van der Waals surface area contributed by atoms with Gasteiger partial charge >= 0.3 is 0 Å². The maximum Gasteiger partial charge on any atom is 0.119 e. The summed E-state index contributed by atoms with van der Waals surface area (Å²) in [6, 6.07) is 33.2. The van der Waals surface area contributed by atoms with E-state index in [1.165, 1.54) is 69.4 Å². The van der Waals surface area contributed by atoms with E-state index in [-0.39, 0.29) is 0 Å². The van der Waals surface area contributed by atoms with E-state index < -0.39 is 0 Å². The molecule has 0 saturated carbocycles. The van der Waals surface area contributed by atoms with Gasteiger partial charge < -0.3 is 24.2 Å². The molecule has 0 radical (unpaired) electrons. The number of rotatable bonds is 7. The van der Waals surface area contributed by atoms with Gasteiger partial charge in [0.1, 0.15) is 11.5 Å². The summed E-state index contributed by atoms with van der Waals surface area (Å²) >= 11 is 0. The first-order valence-corrected chi connectivity index (χ1v) is 15.6. The Bertz CT molecular complexity index is 1770. The molecular formula is C38H37N3O2. The minimum Gasteiger partial charge on any atom is -0.497 e. The molecule has 0 N–H and O–H groups in total. The van der Waals surface area contributed by atoms with Crippen LogP contribution < -0.4 is 24.2 Å². The van der Waals surface area contributed by atoms with Gasteiger partial charge in [-0.2, -0.15) is 0 Å². The highest BCUT2D eigenvalue weighted by Gasteiger charge is 2.24. The summed E-state index contributed by atoms with van der Waals surface area (Å²) in [4.78, 5) is 7.55. The second kappa shape index (κ2) is 10.6. The van der Waals surface area contributed by atoms with E-state index in [1.807, 2.05) is 24.3 Å². The minimum absolute atomic E-state index is 0.844. The number of ether oxygens (including phenoxy) is 2. The third kappa shape index (κ3) is 4.37. The summed E-state index contributed by atoms with van der Waals surface area (Å²) in [5.74, 6) is 1.69. The van der Waals surface area contributed by atoms with Crippen LogP contribution in [0.3, 0.4) is 0 Å². The van der Waals surface area contributed by atoms with E-state index in [1.54, 1.807) is 14.2 Å². The Labute approximate surface area is 253 Å². The van der Waals surface area contributed by atoms with Crippen LogP contribution in [0.25, 0.3) is 32.3 Å². The van der Waals surface area contributed by atoms with E-state index in [0.717, 1.165) is 54.7 Å². The maximum absolute atomic E-state index is 5.47. The van der Waals surface area contributed by atoms with Gasteiger partial charge in [0.25, 0.3) is 0 Å². The summed E-state index contributed by atoms with van der Waals surface area (Å²) in [5.41, 5.74) is 6.09. The Morgan fingerprint density at radius 1 is 0.488 bits per heavy atom. The van der Waals surface area contributed by atoms with Crippen LogP contribution in [0.2, 0.25) is 0 Å². The van der Waals surface area contributed by atoms with Crippen LogP contribution >= 0.6 is 0 Å². The summed E-state index contributed by atoms with van der Waals surface area (Å²) < 4.78 is 10.9. The van der Waals surface area contributed by atoms with Crippen LogP contribution in [0.1, 0.15) is 25.7 Å². The molecule has 5 heteroatoms. The lowest BCUT2D eigenvalue weighted by Crippen LogP contribution is -2.21. The van der Waals surface area contributed by atoms with Crippen molar-refractivity contribution in [3.8, 4) is 11.5 Å². The number of benzene rings is 6. The summed E-state index contributed by atoms with van der Waals surface area (Å²) in [7, 11) is 3.42. The molecule has 216 valence electrons. The second-order valence-corrected chi connectivity index (χ2v) is 11.9. The zero-order valence-corrected chi connectivity index (χ0v) is 25.0. The van der Waals surface area contributed by atoms with Crippen molar-refractivity contribution >= 4 is 60.8 Å². The quantitative estimate of drug-likeness (QED) is 0.179. The predicted octanol–water partition coefficient (Wildman–Crippen LogP) is 9.27. The molecule has 0 atom stereocenters. The summed E-state index contributed by atoms with van der Waals surface area (Å²) in [6.07, 6.45) is 5.10. The Balaban J connectivity index is 1.35. The molecule has 6 aromatic carbocycles. The monoisotopic (exact) mass is 567 g/mol. The molecule has 0 aliphatic carbocycles. The van der Waals surface area contributed by atoms with Gasteiger partial charge in [-0.15, -0.1) is 0 Å². The average Bonchev–Trinajstić information content (AvgIpc) is 3.80. The van der Waals surface area contributed by atoms with Crippen molar-refractivity contribution in [1.82, 2.24) is 0 Å². The predicted molar refractivity (Wildman–Crippen MR) is 181 cm³/mol. The van der Waals surface area contributed by atoms with Crippen LogP contribution in [0, 0.1) is 0 Å². The number of hydrogen-bond donors (Lipinski definition) is 0. The molecule has 0 spiro atoms. The minimum atomic E-state index is 0.844. The highest BCUT2D eigenvalue weighted by atomic mass is 16.5. The van der Waals surface area contributed by atoms with Crippen LogP contribution in [-0.4, -0.2) is 40.4 Å². The second-order valence-electron chi connectivity index (χ2n) is 11.9. The van der Waals surface area contributed by atoms with Gasteiger partial charge in [-0.05, 0) is 109 Å². The molecule has 0 unspecified atom stereocenters. The van der Waals surface area contributed by atoms with Gasteiger partial charge in [-0.1, -0.05) is 24.3 Å². The molecule has 2 aliphatic heterocycles. The fourth-order valence-electron chi connectivity index (χ4n) is 7.34. The molecule has 2 fully saturated rings. The molecule has 6 aromatic rings. The molecule has 43 heavy (non-hydrogen) atoms. The zero-order chi connectivity index (χ0) is 28.9. The van der Waals surface area contributed by atoms with Crippen LogP contribution in [0.15, 0.2) is 91.0 Å². The Hall–Kier alpha value is -4.64. The highest BCUT2D eigenvalue weighted by molar-refractivity contribution is 6.28. The summed E-state index contributed by atoms with van der Waals surface area (Å²) in [5, 5.41) is 8.07. The molecular weight excluding hydrogens is 530 g/mol. The number of nitrogens with zero attached hydrogens (tertiary/aromatic N) is 3. The van der Waals surface area contributed by atoms with Crippen molar-refractivity contribution < 1.29 is 9.47 Å². The topological polar surface area (TPSA) is 28.2 Å². The normalized spacial score (nSPS) is 15.3. The molecule has 0 amide bonds. The Kier molecular flexibility index (Phi) is 6.40. The Morgan fingerprint density at radius 3 is 1.35 bits per heavy atom. The molecule has 8 rings (SSSR count). The highest BCUT2D eigenvalue weighted by Crippen LogP contribution is 2.47. The number of methoxy groups -OCH3 is 2. The van der Waals surface area contributed by atoms with Crippen LogP contribution in [0.5, 0.6) is 11.5 Å². The fraction of sp³-hybridized carbons (Fsp3) is 0.263. The van der Waals surface area contributed by atoms with Gasteiger partial charge in [0, 0.05) is 70.8 Å². The van der Waals surface area contributed by atoms with Crippen molar-refractivity contribution in [3.63, 3.8) is 0 Å². The molecule has 0 aromatic heterocycles. The van der Waals surface area contributed by atoms with Gasteiger partial charge in [0.05, 0.1) is 14.2 Å². The third-order valence-corrected chi connectivity index (χ3v) is 9.47. The van der Waals surface area contributed by atoms with Crippen molar-refractivity contribution in [3.05, 3.63) is 91.0 Å². The molecule has 2 heterocycles. The molecule has 2 aliphatic rings. The number of hydrogen-bond acceptors (Lipinski definition) is 5. The Morgan fingerprint density at radius 2 is 0.930 bits per heavy atom. The third-order valence-electron chi connectivity index (χ3n) is 9.47. The first kappa shape index (κ1) is 26.0. The lowest BCUT2D eigenvalue weighted by Gasteiger charge is -2.29. The zero-order valence-electron chi connectivity index (χ0n) is 25.0. The number of anilines is 5. The van der Waals surface area contributed by atoms with Crippen LogP contribution in [0.4, 0.5) is 28.4 Å². The largest absolute Gasteiger partial charge is 0.497 e.